The third-order valence-corrected chi connectivity index (χ3v) is 13.0. The van der Waals surface area contributed by atoms with E-state index in [0.717, 1.165) is 51.4 Å². The molecule has 2 unspecified atom stereocenters. The van der Waals surface area contributed by atoms with Crippen LogP contribution in [0.25, 0.3) is 0 Å². The van der Waals surface area contributed by atoms with Crippen LogP contribution in [0.1, 0.15) is 277 Å². The fraction of sp³-hybridized carbons (Fsp3) is 0.889. The first-order chi connectivity index (χ1) is 31.3. The maximum atomic E-state index is 12.7. The van der Waals surface area contributed by atoms with E-state index in [1.54, 1.807) is 0 Å². The first kappa shape index (κ1) is 62.5. The number of unbranched alkanes of at least 4 members (excludes halogenated alkanes) is 35. The van der Waals surface area contributed by atoms with Gasteiger partial charge in [-0.3, -0.25) is 18.6 Å². The fourth-order valence-corrected chi connectivity index (χ4v) is 8.75. The summed E-state index contributed by atoms with van der Waals surface area (Å²) < 4.78 is 32.9. The van der Waals surface area contributed by atoms with Gasteiger partial charge in [0.05, 0.1) is 13.2 Å². The van der Waals surface area contributed by atoms with Crippen LogP contribution >= 0.6 is 7.82 Å². The lowest BCUT2D eigenvalue weighted by Crippen LogP contribution is -2.29. The normalized spacial score (nSPS) is 13.2. The second-order valence-electron chi connectivity index (χ2n) is 18.4. The standard InChI is InChI=1S/C54H104NO8P/c1-3-5-7-9-11-13-15-17-19-20-21-22-23-24-25-26-27-28-29-30-31-32-33-35-37-39-41-43-45-47-54(57)63-52(51-62-64(58,59)61-49-48-55)50-60-53(56)46-44-42-40-38-36-34-18-16-14-12-10-8-6-4-2/h16,18,20-21,52H,3-15,17,19,22-51,55H2,1-2H3,(H,58,59)/b18-16-,21-20-. The molecule has 0 aliphatic heterocycles. The van der Waals surface area contributed by atoms with Crippen LogP contribution in [0.2, 0.25) is 0 Å². The largest absolute Gasteiger partial charge is 0.472 e. The van der Waals surface area contributed by atoms with E-state index < -0.39 is 26.5 Å². The van der Waals surface area contributed by atoms with Gasteiger partial charge in [-0.05, 0) is 64.2 Å². The Morgan fingerprint density at radius 2 is 0.766 bits per heavy atom. The number of hydrogen-bond acceptors (Lipinski definition) is 8. The van der Waals surface area contributed by atoms with Crippen molar-refractivity contribution in [3.05, 3.63) is 24.3 Å². The summed E-state index contributed by atoms with van der Waals surface area (Å²) in [7, 11) is -4.38. The van der Waals surface area contributed by atoms with E-state index in [0.29, 0.717) is 6.42 Å². The van der Waals surface area contributed by atoms with E-state index in [-0.39, 0.29) is 38.6 Å². The van der Waals surface area contributed by atoms with Gasteiger partial charge in [0.15, 0.2) is 6.10 Å². The number of ether oxygens (including phenoxy) is 2. The van der Waals surface area contributed by atoms with Crippen molar-refractivity contribution in [2.24, 2.45) is 5.73 Å². The lowest BCUT2D eigenvalue weighted by Gasteiger charge is -2.19. The summed E-state index contributed by atoms with van der Waals surface area (Å²) in [6.45, 7) is 3.76. The minimum atomic E-state index is -4.38. The van der Waals surface area contributed by atoms with Gasteiger partial charge in [-0.15, -0.1) is 0 Å². The van der Waals surface area contributed by atoms with Crippen LogP contribution in [0.15, 0.2) is 24.3 Å². The number of rotatable bonds is 52. The Morgan fingerprint density at radius 3 is 1.11 bits per heavy atom. The molecule has 378 valence electrons. The van der Waals surface area contributed by atoms with Crippen molar-refractivity contribution in [2.75, 3.05) is 26.4 Å². The van der Waals surface area contributed by atoms with Gasteiger partial charge in [-0.1, -0.05) is 224 Å². The van der Waals surface area contributed by atoms with Crippen molar-refractivity contribution in [3.63, 3.8) is 0 Å². The molecule has 0 amide bonds. The zero-order valence-corrected chi connectivity index (χ0v) is 42.9. The monoisotopic (exact) mass is 926 g/mol. The molecule has 0 heterocycles. The number of allylic oxidation sites excluding steroid dienone is 4. The van der Waals surface area contributed by atoms with Crippen molar-refractivity contribution in [1.29, 1.82) is 0 Å². The molecule has 0 aromatic carbocycles. The Hall–Kier alpha value is -1.51. The highest BCUT2D eigenvalue weighted by molar-refractivity contribution is 7.47. The molecule has 10 heteroatoms. The van der Waals surface area contributed by atoms with Crippen LogP contribution in [0.3, 0.4) is 0 Å². The zero-order valence-electron chi connectivity index (χ0n) is 42.0. The maximum Gasteiger partial charge on any atom is 0.472 e. The van der Waals surface area contributed by atoms with E-state index in [1.807, 2.05) is 0 Å². The molecule has 0 fully saturated rings. The van der Waals surface area contributed by atoms with E-state index in [9.17, 15) is 19.0 Å². The predicted molar refractivity (Wildman–Crippen MR) is 271 cm³/mol. The molecule has 0 aliphatic carbocycles. The van der Waals surface area contributed by atoms with Crippen molar-refractivity contribution in [1.82, 2.24) is 0 Å². The maximum absolute atomic E-state index is 12.7. The molecule has 0 bridgehead atoms. The summed E-state index contributed by atoms with van der Waals surface area (Å²) in [6.07, 6.45) is 58.1. The van der Waals surface area contributed by atoms with E-state index in [1.165, 1.54) is 193 Å². The number of carbonyl (C=O) groups is 2. The molecule has 3 N–H and O–H groups in total. The minimum absolute atomic E-state index is 0.0543. The summed E-state index contributed by atoms with van der Waals surface area (Å²) in [4.78, 5) is 35.0. The molecular weight excluding hydrogens is 822 g/mol. The van der Waals surface area contributed by atoms with E-state index in [4.69, 9.17) is 24.3 Å². The molecule has 0 spiro atoms. The minimum Gasteiger partial charge on any atom is -0.462 e. The first-order valence-electron chi connectivity index (χ1n) is 27.3. The smallest absolute Gasteiger partial charge is 0.462 e. The number of phosphoric ester groups is 1. The van der Waals surface area contributed by atoms with Gasteiger partial charge in [-0.2, -0.15) is 0 Å². The van der Waals surface area contributed by atoms with Crippen molar-refractivity contribution in [2.45, 2.75) is 283 Å². The third kappa shape index (κ3) is 49.9. The predicted octanol–water partition coefficient (Wildman–Crippen LogP) is 16.7. The van der Waals surface area contributed by atoms with Gasteiger partial charge in [-0.25, -0.2) is 4.57 Å². The number of esters is 2. The van der Waals surface area contributed by atoms with Crippen LogP contribution in [0.4, 0.5) is 0 Å². The third-order valence-electron chi connectivity index (χ3n) is 12.1. The average Bonchev–Trinajstić information content (AvgIpc) is 3.28. The molecule has 0 aliphatic rings. The lowest BCUT2D eigenvalue weighted by atomic mass is 10.0. The Labute approximate surface area is 395 Å². The Kier molecular flexibility index (Phi) is 49.7. The Balaban J connectivity index is 3.90. The topological polar surface area (TPSA) is 134 Å². The second kappa shape index (κ2) is 50.9. The van der Waals surface area contributed by atoms with Gasteiger partial charge < -0.3 is 20.1 Å². The summed E-state index contributed by atoms with van der Waals surface area (Å²) in [5.41, 5.74) is 5.37. The second-order valence-corrected chi connectivity index (χ2v) is 19.9. The molecule has 64 heavy (non-hydrogen) atoms. The van der Waals surface area contributed by atoms with Gasteiger partial charge in [0.25, 0.3) is 0 Å². The van der Waals surface area contributed by atoms with Crippen LogP contribution in [-0.4, -0.2) is 49.3 Å². The summed E-state index contributed by atoms with van der Waals surface area (Å²) >= 11 is 0. The number of carbonyl (C=O) groups excluding carboxylic acids is 2. The summed E-state index contributed by atoms with van der Waals surface area (Å²) in [6, 6.07) is 0. The number of nitrogens with two attached hydrogens (primary N) is 1. The molecule has 0 saturated carbocycles. The van der Waals surface area contributed by atoms with Gasteiger partial charge >= 0.3 is 19.8 Å². The number of phosphoric acid groups is 1. The Morgan fingerprint density at radius 1 is 0.453 bits per heavy atom. The van der Waals surface area contributed by atoms with Crippen LogP contribution in [0, 0.1) is 0 Å². The molecule has 0 aromatic rings. The Bertz CT molecular complexity index is 1100. The average molecular weight is 926 g/mol. The highest BCUT2D eigenvalue weighted by Gasteiger charge is 2.26. The van der Waals surface area contributed by atoms with Gasteiger partial charge in [0, 0.05) is 19.4 Å². The van der Waals surface area contributed by atoms with Crippen LogP contribution in [0.5, 0.6) is 0 Å². The molecule has 9 nitrogen and oxygen atoms in total. The molecular formula is C54H104NO8P. The number of hydrogen-bond donors (Lipinski definition) is 2. The van der Waals surface area contributed by atoms with Gasteiger partial charge in [0.2, 0.25) is 0 Å². The van der Waals surface area contributed by atoms with Crippen LogP contribution in [-0.2, 0) is 32.7 Å². The molecule has 2 atom stereocenters. The van der Waals surface area contributed by atoms with E-state index in [2.05, 4.69) is 38.2 Å². The SMILES string of the molecule is CCCCCCC/C=C\CCCCCCCC(=O)OCC(COP(=O)(O)OCCN)OC(=O)CCCCCCCCCCCCCCCCCCC/C=C\CCCCCCCCCC. The first-order valence-corrected chi connectivity index (χ1v) is 28.8. The molecule has 0 radical (unpaired) electrons. The molecule has 0 aromatic heterocycles. The van der Waals surface area contributed by atoms with Crippen molar-refractivity contribution < 1.29 is 37.6 Å². The fourth-order valence-electron chi connectivity index (χ4n) is 7.98. The lowest BCUT2D eigenvalue weighted by molar-refractivity contribution is -0.161. The van der Waals surface area contributed by atoms with E-state index >= 15 is 0 Å². The molecule has 0 rings (SSSR count). The van der Waals surface area contributed by atoms with Gasteiger partial charge in [0.1, 0.15) is 6.61 Å². The van der Waals surface area contributed by atoms with Crippen molar-refractivity contribution >= 4 is 19.8 Å². The quantitative estimate of drug-likeness (QED) is 0.0265. The van der Waals surface area contributed by atoms with Crippen molar-refractivity contribution in [3.8, 4) is 0 Å². The van der Waals surface area contributed by atoms with Crippen LogP contribution < -0.4 is 5.73 Å². The summed E-state index contributed by atoms with van der Waals surface area (Å²) in [5.74, 6) is -0.825. The highest BCUT2D eigenvalue weighted by Crippen LogP contribution is 2.43. The zero-order chi connectivity index (χ0) is 46.7. The summed E-state index contributed by atoms with van der Waals surface area (Å²) in [5, 5.41) is 0. The molecule has 0 saturated heterocycles. The highest BCUT2D eigenvalue weighted by atomic mass is 31.2.